The number of rotatable bonds is 4. The summed E-state index contributed by atoms with van der Waals surface area (Å²) in [6.07, 6.45) is 0. The van der Waals surface area contributed by atoms with Crippen LogP contribution in [-0.4, -0.2) is 41.2 Å². The lowest BCUT2D eigenvalue weighted by Crippen LogP contribution is -2.20. The Morgan fingerprint density at radius 3 is 3.00 bits per heavy atom. The van der Waals surface area contributed by atoms with Gasteiger partial charge in [-0.05, 0) is 37.3 Å². The molecule has 0 spiro atoms. The number of hydrogen-bond donors (Lipinski definition) is 2. The van der Waals surface area contributed by atoms with Crippen molar-refractivity contribution < 1.29 is 9.32 Å². The number of H-pyrrole nitrogens is 1. The second-order valence-corrected chi connectivity index (χ2v) is 5.57. The molecule has 4 aromatic rings. The van der Waals surface area contributed by atoms with Gasteiger partial charge in [0.05, 0.1) is 11.0 Å². The van der Waals surface area contributed by atoms with Crippen molar-refractivity contribution in [3.63, 3.8) is 0 Å². The van der Waals surface area contributed by atoms with Gasteiger partial charge in [0, 0.05) is 11.6 Å². The number of carbonyl (C=O) groups is 1. The summed E-state index contributed by atoms with van der Waals surface area (Å²) in [6.45, 7) is 3.55. The largest absolute Gasteiger partial charge is 0.360 e. The van der Waals surface area contributed by atoms with E-state index in [1.807, 2.05) is 25.1 Å². The molecular formula is C15H14N8O2. The fourth-order valence-electron chi connectivity index (χ4n) is 2.44. The van der Waals surface area contributed by atoms with Gasteiger partial charge in [-0.25, -0.2) is 4.98 Å². The first-order valence-electron chi connectivity index (χ1n) is 7.54. The van der Waals surface area contributed by atoms with Crippen LogP contribution in [0.5, 0.6) is 0 Å². The van der Waals surface area contributed by atoms with Crippen LogP contribution >= 0.6 is 0 Å². The van der Waals surface area contributed by atoms with E-state index in [0.29, 0.717) is 17.4 Å². The van der Waals surface area contributed by atoms with E-state index in [2.05, 4.69) is 35.9 Å². The molecule has 3 aromatic heterocycles. The maximum Gasteiger partial charge on any atom is 0.249 e. The van der Waals surface area contributed by atoms with Gasteiger partial charge in [-0.2, -0.15) is 4.80 Å². The number of hydrogen-bond acceptors (Lipinski definition) is 7. The van der Waals surface area contributed by atoms with E-state index < -0.39 is 0 Å². The van der Waals surface area contributed by atoms with Gasteiger partial charge in [0.1, 0.15) is 18.1 Å². The highest BCUT2D eigenvalue weighted by Gasteiger charge is 2.12. The van der Waals surface area contributed by atoms with Crippen molar-refractivity contribution in [1.29, 1.82) is 0 Å². The maximum absolute atomic E-state index is 12.0. The molecule has 0 bridgehead atoms. The number of anilines is 1. The summed E-state index contributed by atoms with van der Waals surface area (Å²) in [5, 5.41) is 18.4. The number of aromatic amines is 1. The molecule has 0 aliphatic rings. The molecule has 0 radical (unpaired) electrons. The minimum Gasteiger partial charge on any atom is -0.360 e. The second kappa shape index (κ2) is 5.82. The van der Waals surface area contributed by atoms with Crippen molar-refractivity contribution in [3.8, 4) is 11.4 Å². The minimum atomic E-state index is -0.322. The van der Waals surface area contributed by atoms with Gasteiger partial charge in [-0.3, -0.25) is 4.79 Å². The van der Waals surface area contributed by atoms with Crippen LogP contribution in [0.15, 0.2) is 28.8 Å². The molecule has 10 nitrogen and oxygen atoms in total. The van der Waals surface area contributed by atoms with Gasteiger partial charge >= 0.3 is 0 Å². The van der Waals surface area contributed by atoms with Gasteiger partial charge in [-0.15, -0.1) is 10.2 Å². The maximum atomic E-state index is 12.0. The zero-order chi connectivity index (χ0) is 17.4. The van der Waals surface area contributed by atoms with E-state index in [1.54, 1.807) is 13.0 Å². The Kier molecular flexibility index (Phi) is 3.49. The highest BCUT2D eigenvalue weighted by molar-refractivity contribution is 5.89. The first kappa shape index (κ1) is 15.0. The molecule has 3 heterocycles. The van der Waals surface area contributed by atoms with Crippen molar-refractivity contribution in [3.05, 3.63) is 35.9 Å². The van der Waals surface area contributed by atoms with Crippen LogP contribution in [0.3, 0.4) is 0 Å². The van der Waals surface area contributed by atoms with Crippen LogP contribution in [0.2, 0.25) is 0 Å². The number of benzene rings is 1. The molecule has 0 atom stereocenters. The fourth-order valence-corrected chi connectivity index (χ4v) is 2.44. The average Bonchev–Trinajstić information content (AvgIpc) is 3.26. The molecule has 0 fully saturated rings. The third kappa shape index (κ3) is 3.09. The molecule has 4 rings (SSSR count). The second-order valence-electron chi connectivity index (χ2n) is 5.57. The van der Waals surface area contributed by atoms with E-state index in [9.17, 15) is 4.79 Å². The summed E-state index contributed by atoms with van der Waals surface area (Å²) >= 11 is 0. The highest BCUT2D eigenvalue weighted by Crippen LogP contribution is 2.19. The van der Waals surface area contributed by atoms with Crippen molar-refractivity contribution >= 4 is 22.8 Å². The number of tetrazole rings is 1. The Labute approximate surface area is 141 Å². The Balaban J connectivity index is 1.49. The van der Waals surface area contributed by atoms with E-state index in [1.165, 1.54) is 4.80 Å². The molecule has 0 aliphatic carbocycles. The monoisotopic (exact) mass is 338 g/mol. The van der Waals surface area contributed by atoms with Crippen molar-refractivity contribution in [2.24, 2.45) is 0 Å². The van der Waals surface area contributed by atoms with Crippen LogP contribution in [0.1, 0.15) is 11.6 Å². The summed E-state index contributed by atoms with van der Waals surface area (Å²) in [5.41, 5.74) is 2.55. The van der Waals surface area contributed by atoms with E-state index in [4.69, 9.17) is 4.52 Å². The van der Waals surface area contributed by atoms with Crippen LogP contribution in [0.25, 0.3) is 22.4 Å². The number of carbonyl (C=O) groups excluding carboxylic acids is 1. The first-order valence-corrected chi connectivity index (χ1v) is 7.54. The topological polar surface area (TPSA) is 127 Å². The molecule has 1 amide bonds. The molecule has 25 heavy (non-hydrogen) atoms. The number of aryl methyl sites for hydroxylation is 2. The van der Waals surface area contributed by atoms with E-state index in [0.717, 1.165) is 22.4 Å². The smallest absolute Gasteiger partial charge is 0.249 e. The molecule has 126 valence electrons. The summed E-state index contributed by atoms with van der Waals surface area (Å²) in [4.78, 5) is 20.7. The Morgan fingerprint density at radius 1 is 1.32 bits per heavy atom. The Hall–Kier alpha value is -3.56. The zero-order valence-corrected chi connectivity index (χ0v) is 13.5. The standard InChI is InChI=1S/C15H14N8O2/c1-8-5-13(21-25-8)18-14(24)7-23-20-15(19-22-23)10-3-4-11-12(6-10)17-9(2)16-11/h3-6H,7H2,1-2H3,(H,16,17)(H,18,21,24). The predicted molar refractivity (Wildman–Crippen MR) is 87.5 cm³/mol. The van der Waals surface area contributed by atoms with Gasteiger partial charge in [0.15, 0.2) is 5.82 Å². The predicted octanol–water partition coefficient (Wildman–Crippen LogP) is 1.46. The molecule has 0 unspecified atom stereocenters. The van der Waals surface area contributed by atoms with Crippen LogP contribution < -0.4 is 5.32 Å². The van der Waals surface area contributed by atoms with Gasteiger partial charge < -0.3 is 14.8 Å². The van der Waals surface area contributed by atoms with Gasteiger partial charge in [0.2, 0.25) is 11.7 Å². The summed E-state index contributed by atoms with van der Waals surface area (Å²) in [7, 11) is 0. The van der Waals surface area contributed by atoms with Crippen molar-refractivity contribution in [2.75, 3.05) is 5.32 Å². The third-order valence-corrected chi connectivity index (χ3v) is 3.49. The number of imidazole rings is 1. The van der Waals surface area contributed by atoms with Crippen molar-refractivity contribution in [1.82, 2.24) is 35.3 Å². The van der Waals surface area contributed by atoms with E-state index >= 15 is 0 Å². The molecular weight excluding hydrogens is 324 g/mol. The summed E-state index contributed by atoms with van der Waals surface area (Å²) in [5.74, 6) is 1.91. The van der Waals surface area contributed by atoms with E-state index in [-0.39, 0.29) is 12.5 Å². The minimum absolute atomic E-state index is 0.0791. The molecule has 10 heteroatoms. The van der Waals surface area contributed by atoms with Crippen LogP contribution in [0.4, 0.5) is 5.82 Å². The zero-order valence-electron chi connectivity index (χ0n) is 13.5. The molecule has 2 N–H and O–H groups in total. The first-order chi connectivity index (χ1) is 12.1. The Morgan fingerprint density at radius 2 is 2.20 bits per heavy atom. The van der Waals surface area contributed by atoms with Gasteiger partial charge in [-0.1, -0.05) is 5.16 Å². The molecule has 1 aromatic carbocycles. The highest BCUT2D eigenvalue weighted by atomic mass is 16.5. The number of nitrogens with zero attached hydrogens (tertiary/aromatic N) is 6. The number of amides is 1. The summed E-state index contributed by atoms with van der Waals surface area (Å²) in [6, 6.07) is 7.27. The SMILES string of the molecule is Cc1nc2ccc(-c3nnn(CC(=O)Nc4cc(C)on4)n3)cc2[nH]1. The quantitative estimate of drug-likeness (QED) is 0.576. The lowest BCUT2D eigenvalue weighted by Gasteiger charge is -1.99. The fraction of sp³-hybridized carbons (Fsp3) is 0.200. The lowest BCUT2D eigenvalue weighted by atomic mass is 10.2. The average molecular weight is 338 g/mol. The number of aromatic nitrogens is 7. The molecule has 0 saturated carbocycles. The number of nitrogens with one attached hydrogen (secondary N) is 2. The van der Waals surface area contributed by atoms with Crippen molar-refractivity contribution in [2.45, 2.75) is 20.4 Å². The van der Waals surface area contributed by atoms with Gasteiger partial charge in [0.25, 0.3) is 0 Å². The lowest BCUT2D eigenvalue weighted by molar-refractivity contribution is -0.117. The normalized spacial score (nSPS) is 11.1. The van der Waals surface area contributed by atoms with Crippen LogP contribution in [-0.2, 0) is 11.3 Å². The van der Waals surface area contributed by atoms with Crippen LogP contribution in [0, 0.1) is 13.8 Å². The summed E-state index contributed by atoms with van der Waals surface area (Å²) < 4.78 is 4.89. The molecule has 0 aliphatic heterocycles. The number of fused-ring (bicyclic) bond motifs is 1. The third-order valence-electron chi connectivity index (χ3n) is 3.49. The molecule has 0 saturated heterocycles. The Bertz CT molecular complexity index is 1060.